The maximum absolute atomic E-state index is 14.0. The van der Waals surface area contributed by atoms with Gasteiger partial charge in [-0.2, -0.15) is 0 Å². The molecule has 0 unspecified atom stereocenters. The van der Waals surface area contributed by atoms with Gasteiger partial charge in [-0.05, 0) is 76.4 Å². The van der Waals surface area contributed by atoms with Crippen LogP contribution < -0.4 is 9.62 Å². The molecule has 39 heavy (non-hydrogen) atoms. The normalized spacial score (nSPS) is 12.9. The Morgan fingerprint density at radius 2 is 1.46 bits per heavy atom. The Morgan fingerprint density at radius 1 is 0.846 bits per heavy atom. The topological polar surface area (TPSA) is 86.8 Å². The van der Waals surface area contributed by atoms with Gasteiger partial charge >= 0.3 is 0 Å². The quantitative estimate of drug-likeness (QED) is 0.359. The Kier molecular flexibility index (Phi) is 9.92. The van der Waals surface area contributed by atoms with Crippen molar-refractivity contribution in [3.63, 3.8) is 0 Å². The molecule has 0 saturated heterocycles. The van der Waals surface area contributed by atoms with Gasteiger partial charge in [0.15, 0.2) is 0 Å². The monoisotopic (exact) mass is 549 g/mol. The van der Waals surface area contributed by atoms with Gasteiger partial charge in [-0.3, -0.25) is 13.9 Å². The molecule has 0 fully saturated rings. The predicted octanol–water partition coefficient (Wildman–Crippen LogP) is 5.14. The number of hydrogen-bond acceptors (Lipinski definition) is 4. The van der Waals surface area contributed by atoms with E-state index in [0.717, 1.165) is 33.0 Å². The number of amides is 2. The molecular weight excluding hydrogens is 510 g/mol. The summed E-state index contributed by atoms with van der Waals surface area (Å²) in [7, 11) is -4.08. The number of carbonyl (C=O) groups excluding carboxylic acids is 2. The van der Waals surface area contributed by atoms with Crippen LogP contribution in [0.25, 0.3) is 0 Å². The van der Waals surface area contributed by atoms with Crippen LogP contribution >= 0.6 is 0 Å². The summed E-state index contributed by atoms with van der Waals surface area (Å²) < 4.78 is 28.9. The molecule has 0 aromatic heterocycles. The molecule has 3 aromatic carbocycles. The van der Waals surface area contributed by atoms with E-state index in [0.29, 0.717) is 5.69 Å². The second-order valence-electron chi connectivity index (χ2n) is 10.2. The van der Waals surface area contributed by atoms with E-state index in [9.17, 15) is 18.0 Å². The maximum Gasteiger partial charge on any atom is 0.264 e. The minimum absolute atomic E-state index is 0.0541. The summed E-state index contributed by atoms with van der Waals surface area (Å²) in [6, 6.07) is 20.5. The lowest BCUT2D eigenvalue weighted by atomic mass is 10.1. The fraction of sp³-hybridized carbons (Fsp3) is 0.355. The molecule has 0 aliphatic heterocycles. The predicted molar refractivity (Wildman–Crippen MR) is 156 cm³/mol. The number of nitrogens with one attached hydrogen (secondary N) is 1. The Hall–Kier alpha value is -3.65. The van der Waals surface area contributed by atoms with E-state index in [2.05, 4.69) is 5.32 Å². The lowest BCUT2D eigenvalue weighted by Crippen LogP contribution is -2.52. The first-order valence-electron chi connectivity index (χ1n) is 13.2. The zero-order valence-corrected chi connectivity index (χ0v) is 24.5. The highest BCUT2D eigenvalue weighted by Crippen LogP contribution is 2.26. The molecule has 0 aliphatic carbocycles. The number of sulfonamides is 1. The average molecular weight is 550 g/mol. The minimum atomic E-state index is -4.08. The van der Waals surface area contributed by atoms with Gasteiger partial charge in [0, 0.05) is 12.6 Å². The van der Waals surface area contributed by atoms with E-state index in [-0.39, 0.29) is 23.4 Å². The van der Waals surface area contributed by atoms with E-state index < -0.39 is 28.5 Å². The summed E-state index contributed by atoms with van der Waals surface area (Å²) in [4.78, 5) is 28.7. The van der Waals surface area contributed by atoms with Crippen LogP contribution in [0.1, 0.15) is 49.4 Å². The van der Waals surface area contributed by atoms with Crippen molar-refractivity contribution in [2.45, 2.75) is 71.5 Å². The Bertz CT molecular complexity index is 1400. The van der Waals surface area contributed by atoms with Gasteiger partial charge < -0.3 is 10.2 Å². The molecule has 208 valence electrons. The second-order valence-corrected chi connectivity index (χ2v) is 12.0. The highest BCUT2D eigenvalue weighted by atomic mass is 32.2. The van der Waals surface area contributed by atoms with Crippen molar-refractivity contribution < 1.29 is 18.0 Å². The first kappa shape index (κ1) is 29.9. The molecule has 7 nitrogen and oxygen atoms in total. The Labute approximate surface area is 232 Å². The number of rotatable bonds is 11. The van der Waals surface area contributed by atoms with Gasteiger partial charge in [-0.1, -0.05) is 66.6 Å². The van der Waals surface area contributed by atoms with E-state index in [1.54, 1.807) is 49.4 Å². The van der Waals surface area contributed by atoms with Crippen LogP contribution in [0.15, 0.2) is 77.7 Å². The van der Waals surface area contributed by atoms with Crippen LogP contribution in [0.5, 0.6) is 0 Å². The third kappa shape index (κ3) is 7.69. The smallest absolute Gasteiger partial charge is 0.264 e. The summed E-state index contributed by atoms with van der Waals surface area (Å²) in [5.41, 5.74) is 4.06. The van der Waals surface area contributed by atoms with Gasteiger partial charge in [-0.25, -0.2) is 8.42 Å². The summed E-state index contributed by atoms with van der Waals surface area (Å²) in [5.74, 6) is -0.755. The number of benzene rings is 3. The van der Waals surface area contributed by atoms with Gasteiger partial charge in [0.25, 0.3) is 10.0 Å². The average Bonchev–Trinajstić information content (AvgIpc) is 2.89. The maximum atomic E-state index is 14.0. The lowest BCUT2D eigenvalue weighted by molar-refractivity contribution is -0.139. The largest absolute Gasteiger partial charge is 0.352 e. The molecule has 0 heterocycles. The fourth-order valence-corrected chi connectivity index (χ4v) is 5.61. The molecule has 0 spiro atoms. The summed E-state index contributed by atoms with van der Waals surface area (Å²) in [6.07, 6.45) is 0.750. The van der Waals surface area contributed by atoms with Crippen LogP contribution in [-0.4, -0.2) is 43.8 Å². The number of nitrogens with zero attached hydrogens (tertiary/aromatic N) is 2. The zero-order chi connectivity index (χ0) is 28.7. The summed E-state index contributed by atoms with van der Waals surface area (Å²) in [5, 5.41) is 2.95. The first-order valence-corrected chi connectivity index (χ1v) is 14.7. The van der Waals surface area contributed by atoms with Gasteiger partial charge in [0.2, 0.25) is 11.8 Å². The third-order valence-electron chi connectivity index (χ3n) is 6.78. The molecule has 3 aromatic rings. The van der Waals surface area contributed by atoms with E-state index in [4.69, 9.17) is 0 Å². The van der Waals surface area contributed by atoms with Gasteiger partial charge in [-0.15, -0.1) is 0 Å². The van der Waals surface area contributed by atoms with Crippen LogP contribution in [0.4, 0.5) is 5.69 Å². The number of anilines is 1. The van der Waals surface area contributed by atoms with Crippen molar-refractivity contribution in [2.75, 3.05) is 10.8 Å². The molecule has 8 heteroatoms. The third-order valence-corrected chi connectivity index (χ3v) is 8.57. The fourth-order valence-electron chi connectivity index (χ4n) is 4.20. The van der Waals surface area contributed by atoms with Crippen molar-refractivity contribution in [1.82, 2.24) is 10.2 Å². The number of carbonyl (C=O) groups is 2. The van der Waals surface area contributed by atoms with Gasteiger partial charge in [0.1, 0.15) is 12.6 Å². The molecule has 1 N–H and O–H groups in total. The molecule has 2 atom stereocenters. The van der Waals surface area contributed by atoms with Crippen molar-refractivity contribution in [3.05, 3.63) is 95.1 Å². The van der Waals surface area contributed by atoms with E-state index in [1.165, 1.54) is 4.90 Å². The number of hydrogen-bond donors (Lipinski definition) is 1. The van der Waals surface area contributed by atoms with Crippen molar-refractivity contribution in [1.29, 1.82) is 0 Å². The molecule has 0 aliphatic rings. The molecule has 0 bridgehead atoms. The molecule has 0 radical (unpaired) electrons. The molecular formula is C31H39N3O4S. The van der Waals surface area contributed by atoms with Crippen LogP contribution in [-0.2, 0) is 26.2 Å². The second kappa shape index (κ2) is 12.9. The summed E-state index contributed by atoms with van der Waals surface area (Å²) >= 11 is 0. The van der Waals surface area contributed by atoms with Crippen molar-refractivity contribution in [2.24, 2.45) is 0 Å². The van der Waals surface area contributed by atoms with Crippen LogP contribution in [0.3, 0.4) is 0 Å². The SMILES string of the molecule is CC[C@H](C)NC(=O)[C@@H](C)N(Cc1cccc(C)c1)C(=O)CN(c1cccc(C)c1)S(=O)(=O)c1ccc(C)cc1. The van der Waals surface area contributed by atoms with Crippen LogP contribution in [0, 0.1) is 20.8 Å². The van der Waals surface area contributed by atoms with E-state index >= 15 is 0 Å². The highest BCUT2D eigenvalue weighted by Gasteiger charge is 2.32. The lowest BCUT2D eigenvalue weighted by Gasteiger charge is -2.32. The van der Waals surface area contributed by atoms with Gasteiger partial charge in [0.05, 0.1) is 10.6 Å². The molecule has 0 saturated carbocycles. The van der Waals surface area contributed by atoms with E-state index in [1.807, 2.05) is 65.0 Å². The Balaban J connectivity index is 2.03. The molecule has 3 rings (SSSR count). The standard InChI is InChI=1S/C31H39N3O4S/c1-7-25(5)32-31(36)26(6)33(20-27-12-8-10-23(3)18-27)30(35)21-34(28-13-9-11-24(4)19-28)39(37,38)29-16-14-22(2)15-17-29/h8-19,25-26H,7,20-21H2,1-6H3,(H,32,36)/t25-,26+/m0/s1. The minimum Gasteiger partial charge on any atom is -0.352 e. The number of aryl methyl sites for hydroxylation is 3. The summed E-state index contributed by atoms with van der Waals surface area (Å²) in [6.45, 7) is 11.0. The van der Waals surface area contributed by atoms with Crippen molar-refractivity contribution >= 4 is 27.5 Å². The Morgan fingerprint density at radius 3 is 2.05 bits per heavy atom. The highest BCUT2D eigenvalue weighted by molar-refractivity contribution is 7.92. The van der Waals surface area contributed by atoms with Crippen molar-refractivity contribution in [3.8, 4) is 0 Å². The molecule has 2 amide bonds. The zero-order valence-electron chi connectivity index (χ0n) is 23.6. The first-order chi connectivity index (χ1) is 18.4. The van der Waals surface area contributed by atoms with Crippen LogP contribution in [0.2, 0.25) is 0 Å².